The van der Waals surface area contributed by atoms with E-state index < -0.39 is 0 Å². The van der Waals surface area contributed by atoms with E-state index in [1.54, 1.807) is 18.2 Å². The van der Waals surface area contributed by atoms with Crippen LogP contribution in [0.2, 0.25) is 0 Å². The summed E-state index contributed by atoms with van der Waals surface area (Å²) in [5, 5.41) is 0. The number of carbonyl (C=O) groups excluding carboxylic acids is 1. The minimum atomic E-state index is -0.247. The average molecular weight is 464 g/mol. The molecule has 1 aromatic carbocycles. The third kappa shape index (κ3) is 3.83. The fraction of sp³-hybridized carbons (Fsp3) is 0.250. The topological polar surface area (TPSA) is 106 Å². The van der Waals surface area contributed by atoms with E-state index in [-0.39, 0.29) is 17.8 Å². The maximum absolute atomic E-state index is 13.8. The lowest BCUT2D eigenvalue weighted by molar-refractivity contribution is 0.103. The smallest absolute Gasteiger partial charge is 0.322 e. The summed E-state index contributed by atoms with van der Waals surface area (Å²) in [5.41, 5.74) is 3.00. The molecule has 3 aromatic heterocycles. The number of aryl methyl sites for hydroxylation is 1. The Morgan fingerprint density at radius 3 is 1.94 bits per heavy atom. The third-order valence-electron chi connectivity index (χ3n) is 5.34. The molecule has 0 unspecified atom stereocenters. The van der Waals surface area contributed by atoms with Crippen LogP contribution < -0.4 is 23.7 Å². The van der Waals surface area contributed by atoms with Crippen LogP contribution in [0.5, 0.6) is 29.3 Å². The Balaban J connectivity index is 1.95. The van der Waals surface area contributed by atoms with E-state index in [1.807, 2.05) is 29.5 Å². The zero-order valence-corrected chi connectivity index (χ0v) is 19.7. The molecule has 0 aliphatic carbocycles. The molecule has 0 aliphatic heterocycles. The van der Waals surface area contributed by atoms with Gasteiger partial charge in [-0.15, -0.1) is 4.98 Å². The molecule has 10 heteroatoms. The van der Waals surface area contributed by atoms with Crippen molar-refractivity contribution >= 4 is 11.3 Å². The van der Waals surface area contributed by atoms with Crippen LogP contribution in [0.25, 0.3) is 16.9 Å². The van der Waals surface area contributed by atoms with Crippen LogP contribution >= 0.6 is 0 Å². The standard InChI is InChI=1S/C24H24N4O6/c1-13-8-7-9-16-15(22-25-23(33-5)27-24(26-22)34-6)12-17(28(13)16)20(29)14-10-18(30-2)21(32-4)19(11-14)31-3/h7-12H,1-6H3. The monoisotopic (exact) mass is 464 g/mol. The van der Waals surface area contributed by atoms with Crippen molar-refractivity contribution in [3.63, 3.8) is 0 Å². The van der Waals surface area contributed by atoms with Gasteiger partial charge < -0.3 is 28.1 Å². The highest BCUT2D eigenvalue weighted by atomic mass is 16.5. The van der Waals surface area contributed by atoms with E-state index in [1.165, 1.54) is 35.5 Å². The van der Waals surface area contributed by atoms with Crippen molar-refractivity contribution in [1.29, 1.82) is 0 Å². The Morgan fingerprint density at radius 1 is 0.794 bits per heavy atom. The zero-order valence-electron chi connectivity index (χ0n) is 19.7. The maximum Gasteiger partial charge on any atom is 0.322 e. The molecular weight excluding hydrogens is 440 g/mol. The van der Waals surface area contributed by atoms with Crippen LogP contribution in [0, 0.1) is 6.92 Å². The Bertz CT molecular complexity index is 1330. The fourth-order valence-electron chi connectivity index (χ4n) is 3.77. The highest BCUT2D eigenvalue weighted by Crippen LogP contribution is 2.39. The molecule has 0 bridgehead atoms. The van der Waals surface area contributed by atoms with E-state index in [0.29, 0.717) is 39.9 Å². The molecule has 0 atom stereocenters. The van der Waals surface area contributed by atoms with Gasteiger partial charge in [0.15, 0.2) is 17.3 Å². The summed E-state index contributed by atoms with van der Waals surface area (Å²) in [6.07, 6.45) is 0. The van der Waals surface area contributed by atoms with E-state index in [2.05, 4.69) is 15.0 Å². The van der Waals surface area contributed by atoms with Gasteiger partial charge in [-0.2, -0.15) is 9.97 Å². The van der Waals surface area contributed by atoms with Crippen LogP contribution in [0.4, 0.5) is 0 Å². The normalized spacial score (nSPS) is 10.8. The first kappa shape index (κ1) is 22.8. The summed E-state index contributed by atoms with van der Waals surface area (Å²) in [7, 11) is 7.43. The molecule has 0 spiro atoms. The second-order valence-corrected chi connectivity index (χ2v) is 7.21. The zero-order chi connectivity index (χ0) is 24.4. The van der Waals surface area contributed by atoms with E-state index in [0.717, 1.165) is 11.2 Å². The van der Waals surface area contributed by atoms with Gasteiger partial charge >= 0.3 is 12.0 Å². The van der Waals surface area contributed by atoms with E-state index in [9.17, 15) is 4.79 Å². The molecule has 0 fully saturated rings. The van der Waals surface area contributed by atoms with Crippen LogP contribution in [0.15, 0.2) is 36.4 Å². The molecule has 4 aromatic rings. The SMILES string of the molecule is COc1nc(OC)nc(-c2cc(C(=O)c3cc(OC)c(OC)c(OC)c3)n3c(C)cccc23)n1. The number of rotatable bonds is 8. The second kappa shape index (κ2) is 9.26. The average Bonchev–Trinajstić information content (AvgIpc) is 3.27. The van der Waals surface area contributed by atoms with Crippen molar-refractivity contribution < 1.29 is 28.5 Å². The van der Waals surface area contributed by atoms with Gasteiger partial charge in [0, 0.05) is 16.8 Å². The molecule has 0 saturated carbocycles. The highest BCUT2D eigenvalue weighted by molar-refractivity contribution is 6.10. The number of ketones is 1. The number of ether oxygens (including phenoxy) is 5. The number of carbonyl (C=O) groups is 1. The number of aromatic nitrogens is 4. The molecule has 0 amide bonds. The van der Waals surface area contributed by atoms with Crippen molar-refractivity contribution in [2.45, 2.75) is 6.92 Å². The largest absolute Gasteiger partial charge is 0.493 e. The minimum absolute atomic E-state index is 0.103. The fourth-order valence-corrected chi connectivity index (χ4v) is 3.77. The Labute approximate surface area is 196 Å². The van der Waals surface area contributed by atoms with Gasteiger partial charge in [-0.1, -0.05) is 6.07 Å². The number of nitrogens with zero attached hydrogens (tertiary/aromatic N) is 4. The second-order valence-electron chi connectivity index (χ2n) is 7.21. The predicted molar refractivity (Wildman–Crippen MR) is 124 cm³/mol. The number of methoxy groups -OCH3 is 5. The molecule has 0 saturated heterocycles. The maximum atomic E-state index is 13.8. The molecule has 0 N–H and O–H groups in total. The van der Waals surface area contributed by atoms with Gasteiger partial charge in [-0.05, 0) is 37.3 Å². The summed E-state index contributed by atoms with van der Waals surface area (Å²) < 4.78 is 28.5. The summed E-state index contributed by atoms with van der Waals surface area (Å²) in [4.78, 5) is 26.6. The van der Waals surface area contributed by atoms with Crippen molar-refractivity contribution in [2.75, 3.05) is 35.5 Å². The summed E-state index contributed by atoms with van der Waals surface area (Å²) in [6, 6.07) is 10.9. The van der Waals surface area contributed by atoms with Crippen molar-refractivity contribution in [3.05, 3.63) is 53.3 Å². The molecule has 34 heavy (non-hydrogen) atoms. The lowest BCUT2D eigenvalue weighted by atomic mass is 10.1. The Morgan fingerprint density at radius 2 is 1.41 bits per heavy atom. The number of hydrogen-bond acceptors (Lipinski definition) is 9. The van der Waals surface area contributed by atoms with Gasteiger partial charge in [0.25, 0.3) is 0 Å². The first-order valence-electron chi connectivity index (χ1n) is 10.3. The van der Waals surface area contributed by atoms with Crippen LogP contribution in [0.1, 0.15) is 21.7 Å². The number of benzene rings is 1. The van der Waals surface area contributed by atoms with Gasteiger partial charge in [0.1, 0.15) is 0 Å². The molecule has 176 valence electrons. The highest BCUT2D eigenvalue weighted by Gasteiger charge is 2.24. The molecule has 10 nitrogen and oxygen atoms in total. The number of fused-ring (bicyclic) bond motifs is 1. The summed E-state index contributed by atoms with van der Waals surface area (Å²) >= 11 is 0. The van der Waals surface area contributed by atoms with Gasteiger partial charge in [-0.3, -0.25) is 4.79 Å². The van der Waals surface area contributed by atoms with Crippen molar-refractivity contribution in [2.24, 2.45) is 0 Å². The first-order valence-corrected chi connectivity index (χ1v) is 10.3. The van der Waals surface area contributed by atoms with E-state index >= 15 is 0 Å². The van der Waals surface area contributed by atoms with Crippen LogP contribution in [-0.2, 0) is 0 Å². The molecule has 4 rings (SSSR count). The third-order valence-corrected chi connectivity index (χ3v) is 5.34. The summed E-state index contributed by atoms with van der Waals surface area (Å²) in [5.74, 6) is 1.24. The molecule has 0 aliphatic rings. The van der Waals surface area contributed by atoms with Crippen molar-refractivity contribution in [1.82, 2.24) is 19.4 Å². The van der Waals surface area contributed by atoms with Gasteiger partial charge in [0.2, 0.25) is 11.5 Å². The van der Waals surface area contributed by atoms with Gasteiger partial charge in [0.05, 0.1) is 46.8 Å². The molecule has 3 heterocycles. The van der Waals surface area contributed by atoms with Gasteiger partial charge in [-0.25, -0.2) is 0 Å². The van der Waals surface area contributed by atoms with Crippen molar-refractivity contribution in [3.8, 4) is 40.7 Å². The molecule has 0 radical (unpaired) electrons. The predicted octanol–water partition coefficient (Wildman–Crippen LogP) is 3.37. The Kier molecular flexibility index (Phi) is 6.22. The summed E-state index contributed by atoms with van der Waals surface area (Å²) in [6.45, 7) is 1.91. The van der Waals surface area contributed by atoms with Crippen LogP contribution in [0.3, 0.4) is 0 Å². The Hall–Kier alpha value is -4.34. The van der Waals surface area contributed by atoms with Crippen LogP contribution in [-0.4, -0.2) is 60.7 Å². The first-order chi connectivity index (χ1) is 16.4. The number of hydrogen-bond donors (Lipinski definition) is 0. The lowest BCUT2D eigenvalue weighted by Gasteiger charge is -2.14. The van der Waals surface area contributed by atoms with E-state index in [4.69, 9.17) is 23.7 Å². The molecular formula is C24H24N4O6. The quantitative estimate of drug-likeness (QED) is 0.363. The minimum Gasteiger partial charge on any atom is -0.493 e. The lowest BCUT2D eigenvalue weighted by Crippen LogP contribution is -2.08. The number of pyridine rings is 1.